The average Bonchev–Trinajstić information content (AvgIpc) is 2.55. The monoisotopic (exact) mass is 313 g/mol. The third-order valence-electron chi connectivity index (χ3n) is 3.28. The van der Waals surface area contributed by atoms with Crippen LogP contribution in [0.1, 0.15) is 6.92 Å². The van der Waals surface area contributed by atoms with Gasteiger partial charge >= 0.3 is 0 Å². The predicted molar refractivity (Wildman–Crippen MR) is 89.6 cm³/mol. The number of rotatable bonds is 5. The van der Waals surface area contributed by atoms with Gasteiger partial charge in [-0.1, -0.05) is 11.6 Å². The van der Waals surface area contributed by atoms with Crippen molar-refractivity contribution in [3.8, 4) is 5.75 Å². The molecule has 1 N–H and O–H groups in total. The Kier molecular flexibility index (Phi) is 4.39. The van der Waals surface area contributed by atoms with Gasteiger partial charge in [-0.05, 0) is 43.3 Å². The van der Waals surface area contributed by atoms with Crippen molar-refractivity contribution in [1.29, 1.82) is 0 Å². The molecule has 0 spiro atoms. The molecule has 1 atom stereocenters. The molecule has 2 aromatic heterocycles. The van der Waals surface area contributed by atoms with Gasteiger partial charge in [0.2, 0.25) is 0 Å². The molecular formula is C17H16ClN3O. The molecule has 0 aliphatic carbocycles. The molecule has 22 heavy (non-hydrogen) atoms. The highest BCUT2D eigenvalue weighted by Crippen LogP contribution is 2.21. The molecule has 2 heterocycles. The molecule has 112 valence electrons. The summed E-state index contributed by atoms with van der Waals surface area (Å²) in [6.07, 6.45) is 5.32. The van der Waals surface area contributed by atoms with E-state index in [-0.39, 0.29) is 6.10 Å². The summed E-state index contributed by atoms with van der Waals surface area (Å²) in [7, 11) is 0. The molecule has 0 amide bonds. The number of pyridine rings is 2. The molecule has 0 bridgehead atoms. The normalized spacial score (nSPS) is 12.1. The maximum atomic E-state index is 5.87. The molecule has 5 heteroatoms. The van der Waals surface area contributed by atoms with Crippen LogP contribution in [0, 0.1) is 0 Å². The van der Waals surface area contributed by atoms with Crippen LogP contribution in [0.4, 0.5) is 5.69 Å². The first kappa shape index (κ1) is 14.6. The van der Waals surface area contributed by atoms with Crippen molar-refractivity contribution in [3.63, 3.8) is 0 Å². The number of nitrogens with one attached hydrogen (secondary N) is 1. The van der Waals surface area contributed by atoms with Gasteiger partial charge < -0.3 is 10.1 Å². The highest BCUT2D eigenvalue weighted by atomic mass is 35.5. The molecule has 0 radical (unpaired) electrons. The van der Waals surface area contributed by atoms with E-state index in [1.165, 1.54) is 0 Å². The maximum absolute atomic E-state index is 5.87. The predicted octanol–water partition coefficient (Wildman–Crippen LogP) is 4.16. The van der Waals surface area contributed by atoms with Gasteiger partial charge in [0.15, 0.2) is 0 Å². The molecule has 0 saturated carbocycles. The second-order valence-corrected chi connectivity index (χ2v) is 5.45. The number of nitrogens with zero attached hydrogens (tertiary/aromatic N) is 2. The van der Waals surface area contributed by atoms with Crippen LogP contribution in [0.3, 0.4) is 0 Å². The van der Waals surface area contributed by atoms with E-state index < -0.39 is 0 Å². The van der Waals surface area contributed by atoms with Crippen LogP contribution >= 0.6 is 11.6 Å². The van der Waals surface area contributed by atoms with Crippen molar-refractivity contribution in [2.24, 2.45) is 0 Å². The Hall–Kier alpha value is -2.33. The molecule has 0 saturated heterocycles. The number of hydrogen-bond acceptors (Lipinski definition) is 4. The van der Waals surface area contributed by atoms with E-state index in [0.717, 1.165) is 22.3 Å². The molecule has 4 nitrogen and oxygen atoms in total. The van der Waals surface area contributed by atoms with E-state index in [4.69, 9.17) is 16.3 Å². The second-order valence-electron chi connectivity index (χ2n) is 5.01. The number of anilines is 1. The lowest BCUT2D eigenvalue weighted by molar-refractivity contribution is 0.235. The van der Waals surface area contributed by atoms with Gasteiger partial charge in [-0.25, -0.2) is 0 Å². The SMILES string of the molecule is CC(CNc1ccnc2cnccc12)Oc1ccc(Cl)cc1. The summed E-state index contributed by atoms with van der Waals surface area (Å²) < 4.78 is 5.85. The zero-order valence-electron chi connectivity index (χ0n) is 12.2. The molecule has 1 unspecified atom stereocenters. The van der Waals surface area contributed by atoms with Crippen molar-refractivity contribution in [2.75, 3.05) is 11.9 Å². The smallest absolute Gasteiger partial charge is 0.119 e. The first-order chi connectivity index (χ1) is 10.7. The fourth-order valence-electron chi connectivity index (χ4n) is 2.19. The Morgan fingerprint density at radius 1 is 1.14 bits per heavy atom. The van der Waals surface area contributed by atoms with Gasteiger partial charge in [0, 0.05) is 28.5 Å². The van der Waals surface area contributed by atoms with Crippen molar-refractivity contribution < 1.29 is 4.74 Å². The highest BCUT2D eigenvalue weighted by molar-refractivity contribution is 6.30. The minimum Gasteiger partial charge on any atom is -0.489 e. The van der Waals surface area contributed by atoms with E-state index >= 15 is 0 Å². The van der Waals surface area contributed by atoms with Gasteiger partial charge in [0.1, 0.15) is 11.9 Å². The molecule has 3 aromatic rings. The van der Waals surface area contributed by atoms with E-state index in [9.17, 15) is 0 Å². The van der Waals surface area contributed by atoms with E-state index in [0.29, 0.717) is 11.6 Å². The third kappa shape index (κ3) is 3.46. The van der Waals surface area contributed by atoms with Crippen LogP contribution in [-0.4, -0.2) is 22.6 Å². The highest BCUT2D eigenvalue weighted by Gasteiger charge is 2.06. The quantitative estimate of drug-likeness (QED) is 0.768. The van der Waals surface area contributed by atoms with E-state index in [1.54, 1.807) is 18.6 Å². The number of benzene rings is 1. The molecule has 3 rings (SSSR count). The summed E-state index contributed by atoms with van der Waals surface area (Å²) in [5.41, 5.74) is 1.90. The van der Waals surface area contributed by atoms with Gasteiger partial charge in [-0.15, -0.1) is 0 Å². The van der Waals surface area contributed by atoms with Crippen LogP contribution < -0.4 is 10.1 Å². The minimum absolute atomic E-state index is 0.0197. The topological polar surface area (TPSA) is 47.0 Å². The molecule has 1 aromatic carbocycles. The van der Waals surface area contributed by atoms with Crippen molar-refractivity contribution in [1.82, 2.24) is 9.97 Å². The van der Waals surface area contributed by atoms with Gasteiger partial charge in [0.05, 0.1) is 18.3 Å². The fraction of sp³-hybridized carbons (Fsp3) is 0.176. The Balaban J connectivity index is 1.65. The number of aromatic nitrogens is 2. The lowest BCUT2D eigenvalue weighted by atomic mass is 10.2. The maximum Gasteiger partial charge on any atom is 0.119 e. The average molecular weight is 314 g/mol. The Labute approximate surface area is 134 Å². The molecule has 0 fully saturated rings. The second kappa shape index (κ2) is 6.62. The molecule has 0 aliphatic heterocycles. The van der Waals surface area contributed by atoms with Crippen molar-refractivity contribution in [2.45, 2.75) is 13.0 Å². The van der Waals surface area contributed by atoms with Crippen LogP contribution in [0.25, 0.3) is 10.9 Å². The van der Waals surface area contributed by atoms with Gasteiger partial charge in [0.25, 0.3) is 0 Å². The standard InChI is InChI=1S/C17H16ClN3O/c1-12(22-14-4-2-13(18)3-5-14)10-21-16-7-9-20-17-11-19-8-6-15(16)17/h2-9,11-12H,10H2,1H3,(H,20,21). The number of halogens is 1. The third-order valence-corrected chi connectivity index (χ3v) is 3.53. The zero-order valence-corrected chi connectivity index (χ0v) is 12.9. The first-order valence-electron chi connectivity index (χ1n) is 7.07. The van der Waals surface area contributed by atoms with E-state index in [2.05, 4.69) is 15.3 Å². The minimum atomic E-state index is 0.0197. The van der Waals surface area contributed by atoms with Crippen LogP contribution in [-0.2, 0) is 0 Å². The van der Waals surface area contributed by atoms with Crippen molar-refractivity contribution in [3.05, 3.63) is 60.0 Å². The zero-order chi connectivity index (χ0) is 15.4. The molecular weight excluding hydrogens is 298 g/mol. The lowest BCUT2D eigenvalue weighted by Gasteiger charge is -2.17. The number of ether oxygens (including phenoxy) is 1. The van der Waals surface area contributed by atoms with Gasteiger partial charge in [-0.3, -0.25) is 9.97 Å². The summed E-state index contributed by atoms with van der Waals surface area (Å²) >= 11 is 5.87. The summed E-state index contributed by atoms with van der Waals surface area (Å²) in [5.74, 6) is 0.808. The van der Waals surface area contributed by atoms with Crippen molar-refractivity contribution >= 4 is 28.2 Å². The molecule has 0 aliphatic rings. The largest absolute Gasteiger partial charge is 0.489 e. The Morgan fingerprint density at radius 3 is 2.77 bits per heavy atom. The summed E-state index contributed by atoms with van der Waals surface area (Å²) in [5, 5.41) is 5.16. The summed E-state index contributed by atoms with van der Waals surface area (Å²) in [4.78, 5) is 8.39. The Bertz CT molecular complexity index is 756. The first-order valence-corrected chi connectivity index (χ1v) is 7.45. The fourth-order valence-corrected chi connectivity index (χ4v) is 2.32. The Morgan fingerprint density at radius 2 is 1.95 bits per heavy atom. The summed E-state index contributed by atoms with van der Waals surface area (Å²) in [6.45, 7) is 2.70. The lowest BCUT2D eigenvalue weighted by Crippen LogP contribution is -2.22. The van der Waals surface area contributed by atoms with E-state index in [1.807, 2.05) is 43.3 Å². The van der Waals surface area contributed by atoms with Crippen LogP contribution in [0.5, 0.6) is 5.75 Å². The van der Waals surface area contributed by atoms with Gasteiger partial charge in [-0.2, -0.15) is 0 Å². The van der Waals surface area contributed by atoms with Crippen LogP contribution in [0.2, 0.25) is 5.02 Å². The number of hydrogen-bond donors (Lipinski definition) is 1. The number of fused-ring (bicyclic) bond motifs is 1. The summed E-state index contributed by atoms with van der Waals surface area (Å²) in [6, 6.07) is 11.3. The van der Waals surface area contributed by atoms with Crippen LogP contribution in [0.15, 0.2) is 55.0 Å².